The van der Waals surface area contributed by atoms with Gasteiger partial charge in [-0.25, -0.2) is 4.98 Å². The molecule has 5 heteroatoms. The Kier molecular flexibility index (Phi) is 2.87. The lowest BCUT2D eigenvalue weighted by atomic mass is 10.4. The van der Waals surface area contributed by atoms with Gasteiger partial charge in [0.2, 0.25) is 0 Å². The van der Waals surface area contributed by atoms with Crippen molar-refractivity contribution in [3.63, 3.8) is 0 Å². The molecule has 1 aromatic heterocycles. The molecule has 0 unspecified atom stereocenters. The maximum Gasteiger partial charge on any atom is 0.151 e. The van der Waals surface area contributed by atoms with Crippen molar-refractivity contribution in [3.05, 3.63) is 17.2 Å². The van der Waals surface area contributed by atoms with Crippen molar-refractivity contribution in [2.24, 2.45) is 5.84 Å². The van der Waals surface area contributed by atoms with E-state index in [0.29, 0.717) is 11.7 Å². The van der Waals surface area contributed by atoms with Gasteiger partial charge >= 0.3 is 0 Å². The summed E-state index contributed by atoms with van der Waals surface area (Å²) in [6.45, 7) is 3.43. The summed E-state index contributed by atoms with van der Waals surface area (Å²) in [7, 11) is 0. The van der Waals surface area contributed by atoms with Crippen LogP contribution in [0.3, 0.4) is 0 Å². The zero-order chi connectivity index (χ0) is 8.27. The van der Waals surface area contributed by atoms with Crippen LogP contribution in [0.1, 0.15) is 12.6 Å². The molecule has 0 aliphatic heterocycles. The Morgan fingerprint density at radius 2 is 2.55 bits per heavy atom. The highest BCUT2D eigenvalue weighted by molar-refractivity contribution is 6.30. The number of aromatic nitrogens is 2. The van der Waals surface area contributed by atoms with E-state index in [1.807, 2.05) is 11.5 Å². The molecular formula is C6H11ClN4. The fraction of sp³-hybridized carbons (Fsp3) is 0.500. The van der Waals surface area contributed by atoms with Gasteiger partial charge < -0.3 is 4.57 Å². The topological polar surface area (TPSA) is 55.9 Å². The second kappa shape index (κ2) is 3.71. The van der Waals surface area contributed by atoms with Crippen molar-refractivity contribution in [3.8, 4) is 0 Å². The summed E-state index contributed by atoms with van der Waals surface area (Å²) in [5.74, 6) is 5.16. The third-order valence-corrected chi connectivity index (χ3v) is 1.82. The number of rotatable bonds is 3. The van der Waals surface area contributed by atoms with E-state index in [0.717, 1.165) is 12.2 Å². The molecule has 1 rings (SSSR count). The molecule has 0 radical (unpaired) electrons. The van der Waals surface area contributed by atoms with Crippen LogP contribution in [-0.4, -0.2) is 9.55 Å². The molecule has 62 valence electrons. The van der Waals surface area contributed by atoms with Gasteiger partial charge in [0.25, 0.3) is 0 Å². The van der Waals surface area contributed by atoms with E-state index in [-0.39, 0.29) is 0 Å². The summed E-state index contributed by atoms with van der Waals surface area (Å²) in [5, 5.41) is 0.518. The minimum atomic E-state index is 0.518. The standard InChI is InChI=1S/C6H11ClN4/c1-2-11-4-9-6(7)5(11)3-10-8/h4,10H,2-3,8H2,1H3. The van der Waals surface area contributed by atoms with Crippen LogP contribution >= 0.6 is 11.6 Å². The molecule has 4 nitrogen and oxygen atoms in total. The second-order valence-electron chi connectivity index (χ2n) is 2.15. The van der Waals surface area contributed by atoms with Crippen LogP contribution in [0, 0.1) is 0 Å². The highest BCUT2D eigenvalue weighted by Crippen LogP contribution is 2.12. The van der Waals surface area contributed by atoms with Gasteiger partial charge in [-0.1, -0.05) is 11.6 Å². The molecule has 0 amide bonds. The van der Waals surface area contributed by atoms with Gasteiger partial charge in [0.1, 0.15) is 0 Å². The van der Waals surface area contributed by atoms with E-state index in [1.165, 1.54) is 0 Å². The minimum absolute atomic E-state index is 0.518. The van der Waals surface area contributed by atoms with Gasteiger partial charge in [0, 0.05) is 6.54 Å². The van der Waals surface area contributed by atoms with Gasteiger partial charge in [0.05, 0.1) is 18.6 Å². The second-order valence-corrected chi connectivity index (χ2v) is 2.51. The normalized spacial score (nSPS) is 10.5. The average molecular weight is 175 g/mol. The zero-order valence-corrected chi connectivity index (χ0v) is 7.10. The molecule has 0 bridgehead atoms. The molecule has 1 heterocycles. The molecule has 1 aromatic rings. The first kappa shape index (κ1) is 8.52. The number of nitrogens with zero attached hydrogens (tertiary/aromatic N) is 2. The lowest BCUT2D eigenvalue weighted by molar-refractivity contribution is 0.649. The number of nitrogens with one attached hydrogen (secondary N) is 1. The highest BCUT2D eigenvalue weighted by atomic mass is 35.5. The number of imidazole rings is 1. The van der Waals surface area contributed by atoms with Crippen molar-refractivity contribution in [1.82, 2.24) is 15.0 Å². The van der Waals surface area contributed by atoms with Gasteiger partial charge in [0.15, 0.2) is 5.15 Å². The summed E-state index contributed by atoms with van der Waals surface area (Å²) >= 11 is 5.77. The van der Waals surface area contributed by atoms with Crippen LogP contribution in [0.25, 0.3) is 0 Å². The van der Waals surface area contributed by atoms with Crippen molar-refractivity contribution < 1.29 is 0 Å². The van der Waals surface area contributed by atoms with Crippen molar-refractivity contribution >= 4 is 11.6 Å². The van der Waals surface area contributed by atoms with Crippen LogP contribution in [0.2, 0.25) is 5.15 Å². The molecule has 0 fully saturated rings. The van der Waals surface area contributed by atoms with E-state index in [2.05, 4.69) is 10.4 Å². The maximum absolute atomic E-state index is 5.77. The molecule has 11 heavy (non-hydrogen) atoms. The summed E-state index contributed by atoms with van der Waals surface area (Å²) < 4.78 is 1.95. The molecule has 3 N–H and O–H groups in total. The fourth-order valence-electron chi connectivity index (χ4n) is 0.927. The van der Waals surface area contributed by atoms with E-state index >= 15 is 0 Å². The number of hydrogen-bond acceptors (Lipinski definition) is 3. The van der Waals surface area contributed by atoms with Crippen molar-refractivity contribution in [2.75, 3.05) is 0 Å². The smallest absolute Gasteiger partial charge is 0.151 e. The molecule has 0 aliphatic carbocycles. The van der Waals surface area contributed by atoms with Gasteiger partial charge in [-0.15, -0.1) is 0 Å². The Hall–Kier alpha value is -0.580. The van der Waals surface area contributed by atoms with E-state index in [1.54, 1.807) is 6.33 Å². The lowest BCUT2D eigenvalue weighted by Crippen LogP contribution is -2.22. The quantitative estimate of drug-likeness (QED) is 0.519. The van der Waals surface area contributed by atoms with Crippen molar-refractivity contribution in [1.29, 1.82) is 0 Å². The molecule has 0 spiro atoms. The van der Waals surface area contributed by atoms with Crippen LogP contribution < -0.4 is 11.3 Å². The largest absolute Gasteiger partial charge is 0.332 e. The number of hydrazine groups is 1. The Bertz CT molecular complexity index is 232. The summed E-state index contributed by atoms with van der Waals surface area (Å²) in [6, 6.07) is 0. The number of halogens is 1. The summed E-state index contributed by atoms with van der Waals surface area (Å²) in [6.07, 6.45) is 1.70. The zero-order valence-electron chi connectivity index (χ0n) is 6.34. The molecule has 0 saturated carbocycles. The number of aryl methyl sites for hydroxylation is 1. The Balaban J connectivity index is 2.88. The van der Waals surface area contributed by atoms with Crippen LogP contribution in [-0.2, 0) is 13.1 Å². The van der Waals surface area contributed by atoms with Gasteiger partial charge in [-0.05, 0) is 6.92 Å². The number of nitrogens with two attached hydrogens (primary N) is 1. The van der Waals surface area contributed by atoms with E-state index < -0.39 is 0 Å². The monoisotopic (exact) mass is 174 g/mol. The first-order chi connectivity index (χ1) is 5.29. The third kappa shape index (κ3) is 1.71. The third-order valence-electron chi connectivity index (χ3n) is 1.51. The predicted molar refractivity (Wildman–Crippen MR) is 43.9 cm³/mol. The summed E-state index contributed by atoms with van der Waals surface area (Å²) in [4.78, 5) is 3.94. The molecule has 0 aromatic carbocycles. The Labute approximate surface area is 70.3 Å². The predicted octanol–water partition coefficient (Wildman–Crippen LogP) is 0.520. The van der Waals surface area contributed by atoms with E-state index in [9.17, 15) is 0 Å². The number of hydrogen-bond donors (Lipinski definition) is 2. The van der Waals surface area contributed by atoms with Crippen molar-refractivity contribution in [2.45, 2.75) is 20.0 Å². The maximum atomic E-state index is 5.77. The molecule has 0 atom stereocenters. The van der Waals surface area contributed by atoms with Crippen LogP contribution in [0.15, 0.2) is 6.33 Å². The molecule has 0 aliphatic rings. The first-order valence-corrected chi connectivity index (χ1v) is 3.80. The first-order valence-electron chi connectivity index (χ1n) is 3.42. The molecule has 0 saturated heterocycles. The fourth-order valence-corrected chi connectivity index (χ4v) is 1.15. The minimum Gasteiger partial charge on any atom is -0.332 e. The Morgan fingerprint density at radius 3 is 3.09 bits per heavy atom. The molecular weight excluding hydrogens is 164 g/mol. The average Bonchev–Trinajstić information content (AvgIpc) is 2.34. The summed E-state index contributed by atoms with van der Waals surface area (Å²) in [5.41, 5.74) is 3.47. The lowest BCUT2D eigenvalue weighted by Gasteiger charge is -2.03. The SMILES string of the molecule is CCn1cnc(Cl)c1CNN. The van der Waals surface area contributed by atoms with Crippen LogP contribution in [0.4, 0.5) is 0 Å². The van der Waals surface area contributed by atoms with Gasteiger partial charge in [-0.2, -0.15) is 0 Å². The Morgan fingerprint density at radius 1 is 1.82 bits per heavy atom. The van der Waals surface area contributed by atoms with Crippen LogP contribution in [0.5, 0.6) is 0 Å². The highest BCUT2D eigenvalue weighted by Gasteiger charge is 2.05. The van der Waals surface area contributed by atoms with E-state index in [4.69, 9.17) is 17.4 Å². The van der Waals surface area contributed by atoms with Gasteiger partial charge in [-0.3, -0.25) is 11.3 Å².